The van der Waals surface area contributed by atoms with Gasteiger partial charge >= 0.3 is 5.97 Å². The lowest BCUT2D eigenvalue weighted by molar-refractivity contribution is -0.145. The van der Waals surface area contributed by atoms with Gasteiger partial charge in [-0.25, -0.2) is 4.79 Å². The van der Waals surface area contributed by atoms with Crippen molar-refractivity contribution in [3.63, 3.8) is 0 Å². The van der Waals surface area contributed by atoms with Crippen LogP contribution in [0.5, 0.6) is 0 Å². The normalized spacial score (nSPS) is 19.2. The van der Waals surface area contributed by atoms with E-state index in [0.29, 0.717) is 16.3 Å². The van der Waals surface area contributed by atoms with Crippen LogP contribution in [0.1, 0.15) is 33.0 Å². The molecule has 0 aliphatic carbocycles. The van der Waals surface area contributed by atoms with Crippen molar-refractivity contribution < 1.29 is 14.3 Å². The number of carbonyl (C=O) groups is 2. The number of esters is 1. The number of rotatable bonds is 6. The van der Waals surface area contributed by atoms with E-state index in [2.05, 4.69) is 5.32 Å². The first-order chi connectivity index (χ1) is 17.5. The van der Waals surface area contributed by atoms with Crippen LogP contribution in [-0.4, -0.2) is 17.4 Å². The Morgan fingerprint density at radius 2 is 1.39 bits per heavy atom. The molecule has 1 amide bonds. The molecule has 0 saturated carbocycles. The minimum Gasteiger partial charge on any atom is -0.424 e. The zero-order valence-electron chi connectivity index (χ0n) is 19.4. The SMILES string of the molecule is O=C(N[C@]1(Cc2ccccc2)C(=O)OC(c2ccccc2)=C[C@@H]1c1ccccc1)c1ccc(Cl)cc1. The van der Waals surface area contributed by atoms with Crippen LogP contribution in [0.15, 0.2) is 121 Å². The average molecular weight is 494 g/mol. The van der Waals surface area contributed by atoms with Crippen molar-refractivity contribution in [2.75, 3.05) is 0 Å². The van der Waals surface area contributed by atoms with Gasteiger partial charge < -0.3 is 10.1 Å². The van der Waals surface area contributed by atoms with Crippen molar-refractivity contribution in [3.05, 3.63) is 149 Å². The maximum atomic E-state index is 14.0. The van der Waals surface area contributed by atoms with Crippen LogP contribution in [0.25, 0.3) is 5.76 Å². The van der Waals surface area contributed by atoms with Crippen LogP contribution < -0.4 is 5.32 Å². The molecule has 5 rings (SSSR count). The summed E-state index contributed by atoms with van der Waals surface area (Å²) in [5, 5.41) is 3.61. The highest BCUT2D eigenvalue weighted by Crippen LogP contribution is 2.41. The highest BCUT2D eigenvalue weighted by atomic mass is 35.5. The van der Waals surface area contributed by atoms with Gasteiger partial charge in [-0.1, -0.05) is 103 Å². The van der Waals surface area contributed by atoms with Crippen LogP contribution in [0.2, 0.25) is 5.02 Å². The van der Waals surface area contributed by atoms with Gasteiger partial charge in [0, 0.05) is 28.5 Å². The minimum absolute atomic E-state index is 0.254. The molecular weight excluding hydrogens is 470 g/mol. The number of ether oxygens (including phenoxy) is 1. The first-order valence-corrected chi connectivity index (χ1v) is 12.1. The zero-order chi connectivity index (χ0) is 25.0. The fourth-order valence-electron chi connectivity index (χ4n) is 4.59. The van der Waals surface area contributed by atoms with Gasteiger partial charge in [-0.05, 0) is 41.5 Å². The van der Waals surface area contributed by atoms with Gasteiger partial charge in [0.15, 0.2) is 5.54 Å². The Hall–Kier alpha value is -4.15. The summed E-state index contributed by atoms with van der Waals surface area (Å²) in [6.07, 6.45) is 2.20. The molecule has 1 N–H and O–H groups in total. The molecule has 2 atom stereocenters. The predicted octanol–water partition coefficient (Wildman–Crippen LogP) is 6.43. The van der Waals surface area contributed by atoms with Crippen LogP contribution in [-0.2, 0) is 16.0 Å². The third-order valence-electron chi connectivity index (χ3n) is 6.40. The Balaban J connectivity index is 1.66. The number of cyclic esters (lactones) is 1. The Morgan fingerprint density at radius 1 is 0.806 bits per heavy atom. The van der Waals surface area contributed by atoms with Crippen LogP contribution in [0.4, 0.5) is 0 Å². The molecule has 0 bridgehead atoms. The van der Waals surface area contributed by atoms with E-state index in [1.165, 1.54) is 0 Å². The van der Waals surface area contributed by atoms with Crippen molar-refractivity contribution in [1.82, 2.24) is 5.32 Å². The maximum absolute atomic E-state index is 14.0. The molecule has 0 fully saturated rings. The summed E-state index contributed by atoms with van der Waals surface area (Å²) in [4.78, 5) is 27.5. The lowest BCUT2D eigenvalue weighted by atomic mass is 9.73. The highest BCUT2D eigenvalue weighted by molar-refractivity contribution is 6.30. The van der Waals surface area contributed by atoms with Crippen molar-refractivity contribution in [2.45, 2.75) is 17.9 Å². The largest absolute Gasteiger partial charge is 0.424 e. The number of carbonyl (C=O) groups excluding carboxylic acids is 2. The van der Waals surface area contributed by atoms with Crippen molar-refractivity contribution in [1.29, 1.82) is 0 Å². The number of hydrogen-bond donors (Lipinski definition) is 1. The third kappa shape index (κ3) is 4.81. The Bertz CT molecular complexity index is 1390. The van der Waals surface area contributed by atoms with Gasteiger partial charge in [0.05, 0.1) is 0 Å². The Labute approximate surface area is 215 Å². The van der Waals surface area contributed by atoms with E-state index in [1.807, 2.05) is 97.1 Å². The van der Waals surface area contributed by atoms with E-state index >= 15 is 0 Å². The highest BCUT2D eigenvalue weighted by Gasteiger charge is 2.51. The Morgan fingerprint density at radius 3 is 2.03 bits per heavy atom. The average Bonchev–Trinajstić information content (AvgIpc) is 2.92. The van der Waals surface area contributed by atoms with Gasteiger partial charge in [0.1, 0.15) is 5.76 Å². The molecule has 1 aliphatic rings. The summed E-state index contributed by atoms with van der Waals surface area (Å²) in [6.45, 7) is 0. The van der Waals surface area contributed by atoms with E-state index in [1.54, 1.807) is 24.3 Å². The summed E-state index contributed by atoms with van der Waals surface area (Å²) in [7, 11) is 0. The van der Waals surface area contributed by atoms with Crippen molar-refractivity contribution in [2.24, 2.45) is 0 Å². The standard InChI is InChI=1S/C31H24ClNO3/c32-26-18-16-25(17-19-26)29(34)33-31(21-22-10-4-1-5-11-22)27(23-12-6-2-7-13-23)20-28(36-30(31)35)24-14-8-3-9-15-24/h1-20,27H,21H2,(H,33,34)/t27-,31+/m1/s1. The van der Waals surface area contributed by atoms with Gasteiger partial charge in [0.25, 0.3) is 5.91 Å². The molecule has 4 aromatic carbocycles. The molecule has 1 heterocycles. The molecule has 0 spiro atoms. The molecule has 4 aromatic rings. The molecule has 5 heteroatoms. The van der Waals surface area contributed by atoms with Crippen LogP contribution in [0.3, 0.4) is 0 Å². The van der Waals surface area contributed by atoms with E-state index in [0.717, 1.165) is 16.7 Å². The second-order valence-corrected chi connectivity index (χ2v) is 9.21. The number of halogens is 1. The lowest BCUT2D eigenvalue weighted by Crippen LogP contribution is -2.61. The minimum atomic E-state index is -1.38. The molecule has 0 unspecified atom stereocenters. The summed E-state index contributed by atoms with van der Waals surface area (Å²) < 4.78 is 5.95. The molecule has 0 radical (unpaired) electrons. The Kier molecular flexibility index (Phi) is 6.70. The third-order valence-corrected chi connectivity index (χ3v) is 6.65. The molecule has 0 aromatic heterocycles. The van der Waals surface area contributed by atoms with Crippen molar-refractivity contribution >= 4 is 29.2 Å². The summed E-state index contributed by atoms with van der Waals surface area (Å²) in [6, 6.07) is 35.5. The molecule has 0 saturated heterocycles. The van der Waals surface area contributed by atoms with Crippen molar-refractivity contribution in [3.8, 4) is 0 Å². The fraction of sp³-hybridized carbons (Fsp3) is 0.0968. The summed E-state index contributed by atoms with van der Waals surface area (Å²) in [5.41, 5.74) is 1.63. The van der Waals surface area contributed by atoms with E-state index in [4.69, 9.17) is 16.3 Å². The number of benzene rings is 4. The maximum Gasteiger partial charge on any atom is 0.338 e. The smallest absolute Gasteiger partial charge is 0.338 e. The predicted molar refractivity (Wildman–Crippen MR) is 141 cm³/mol. The van der Waals surface area contributed by atoms with Gasteiger partial charge in [0.2, 0.25) is 0 Å². The first kappa shape index (κ1) is 23.6. The van der Waals surface area contributed by atoms with E-state index in [-0.39, 0.29) is 12.3 Å². The monoisotopic (exact) mass is 493 g/mol. The zero-order valence-corrected chi connectivity index (χ0v) is 20.2. The van der Waals surface area contributed by atoms with Crippen LogP contribution >= 0.6 is 11.6 Å². The molecule has 1 aliphatic heterocycles. The second kappa shape index (κ2) is 10.2. The molecular formula is C31H24ClNO3. The fourth-order valence-corrected chi connectivity index (χ4v) is 4.72. The molecule has 4 nitrogen and oxygen atoms in total. The van der Waals surface area contributed by atoms with Gasteiger partial charge in [-0.15, -0.1) is 0 Å². The lowest BCUT2D eigenvalue weighted by Gasteiger charge is -2.41. The second-order valence-electron chi connectivity index (χ2n) is 8.77. The molecule has 36 heavy (non-hydrogen) atoms. The number of hydrogen-bond acceptors (Lipinski definition) is 3. The van der Waals surface area contributed by atoms with E-state index < -0.39 is 17.4 Å². The van der Waals surface area contributed by atoms with E-state index in [9.17, 15) is 9.59 Å². The van der Waals surface area contributed by atoms with Gasteiger partial charge in [-0.2, -0.15) is 0 Å². The topological polar surface area (TPSA) is 55.4 Å². The number of amides is 1. The van der Waals surface area contributed by atoms with Crippen LogP contribution in [0, 0.1) is 0 Å². The molecule has 178 valence electrons. The summed E-state index contributed by atoms with van der Waals surface area (Å²) >= 11 is 6.03. The first-order valence-electron chi connectivity index (χ1n) is 11.7. The number of nitrogens with one attached hydrogen (secondary N) is 1. The van der Waals surface area contributed by atoms with Gasteiger partial charge in [-0.3, -0.25) is 4.79 Å². The summed E-state index contributed by atoms with van der Waals surface area (Å²) in [5.74, 6) is -0.897. The quantitative estimate of drug-likeness (QED) is 0.315.